The fraction of sp³-hybridized carbons (Fsp3) is 0.520. The fourth-order valence-electron chi connectivity index (χ4n) is 4.26. The van der Waals surface area contributed by atoms with Crippen molar-refractivity contribution in [3.05, 3.63) is 41.6 Å². The maximum Gasteiger partial charge on any atom is 0.306 e. The lowest BCUT2D eigenvalue weighted by molar-refractivity contribution is -0.142. The average Bonchev–Trinajstić information content (AvgIpc) is 3.04. The highest BCUT2D eigenvalue weighted by atomic mass is 16.5. The number of rotatable bonds is 8. The number of carboxylic acids is 1. The molecule has 10 nitrogen and oxygen atoms in total. The number of aromatic nitrogens is 6. The molecule has 0 amide bonds. The molecule has 0 spiro atoms. The number of nitrogens with zero attached hydrogens (tertiary/aromatic N) is 6. The van der Waals surface area contributed by atoms with E-state index in [1.165, 1.54) is 6.33 Å². The predicted molar refractivity (Wildman–Crippen MR) is 128 cm³/mol. The summed E-state index contributed by atoms with van der Waals surface area (Å²) in [7, 11) is 1.81. The monoisotopic (exact) mass is 480 g/mol. The van der Waals surface area contributed by atoms with E-state index in [9.17, 15) is 9.90 Å². The molecule has 4 rings (SSSR count). The Morgan fingerprint density at radius 3 is 2.77 bits per heavy atom. The first kappa shape index (κ1) is 24.6. The summed E-state index contributed by atoms with van der Waals surface area (Å²) in [5, 5.41) is 17.9. The summed E-state index contributed by atoms with van der Waals surface area (Å²) in [5.74, 6) is 0.324. The highest BCUT2D eigenvalue weighted by Gasteiger charge is 2.27. The molecule has 1 aliphatic rings. The molecule has 1 fully saturated rings. The molecule has 10 heteroatoms. The lowest BCUT2D eigenvalue weighted by Crippen LogP contribution is -2.23. The van der Waals surface area contributed by atoms with Crippen molar-refractivity contribution in [2.75, 3.05) is 0 Å². The average molecular weight is 481 g/mol. The van der Waals surface area contributed by atoms with Gasteiger partial charge in [-0.25, -0.2) is 19.6 Å². The van der Waals surface area contributed by atoms with Gasteiger partial charge in [-0.1, -0.05) is 25.5 Å². The molecule has 0 saturated heterocycles. The zero-order valence-electron chi connectivity index (χ0n) is 20.6. The molecule has 0 aliphatic heterocycles. The lowest BCUT2D eigenvalue weighted by Gasteiger charge is -2.20. The summed E-state index contributed by atoms with van der Waals surface area (Å²) >= 11 is 0. The molecular formula is C25H32N6O4. The van der Waals surface area contributed by atoms with Crippen LogP contribution in [0.5, 0.6) is 11.6 Å². The van der Waals surface area contributed by atoms with Crippen molar-refractivity contribution in [2.45, 2.75) is 71.5 Å². The van der Waals surface area contributed by atoms with Gasteiger partial charge in [0.2, 0.25) is 5.88 Å². The summed E-state index contributed by atoms with van der Waals surface area (Å²) in [6.07, 6.45) is 5.32. The van der Waals surface area contributed by atoms with Crippen LogP contribution in [0.1, 0.15) is 69.0 Å². The number of ether oxygens (including phenoxy) is 2. The van der Waals surface area contributed by atoms with Crippen molar-refractivity contribution in [3.63, 3.8) is 0 Å². The van der Waals surface area contributed by atoms with E-state index < -0.39 is 5.97 Å². The second kappa shape index (κ2) is 10.8. The smallest absolute Gasteiger partial charge is 0.306 e. The zero-order valence-corrected chi connectivity index (χ0v) is 20.6. The van der Waals surface area contributed by atoms with E-state index in [4.69, 9.17) is 14.5 Å². The molecule has 1 saturated carbocycles. The van der Waals surface area contributed by atoms with Gasteiger partial charge in [0.05, 0.1) is 29.1 Å². The highest BCUT2D eigenvalue weighted by molar-refractivity contribution is 5.70. The van der Waals surface area contributed by atoms with Gasteiger partial charge in [-0.05, 0) is 50.7 Å². The zero-order chi connectivity index (χ0) is 24.9. The Hall–Kier alpha value is -3.56. The molecule has 3 aromatic heterocycles. The number of carbonyl (C=O) groups is 1. The van der Waals surface area contributed by atoms with Gasteiger partial charge in [0.25, 0.3) is 0 Å². The molecule has 35 heavy (non-hydrogen) atoms. The van der Waals surface area contributed by atoms with Gasteiger partial charge < -0.3 is 14.6 Å². The molecule has 0 aromatic carbocycles. The van der Waals surface area contributed by atoms with E-state index in [2.05, 4.69) is 34.1 Å². The van der Waals surface area contributed by atoms with Gasteiger partial charge in [0.1, 0.15) is 30.1 Å². The minimum Gasteiger partial charge on any atom is -0.489 e. The molecule has 2 unspecified atom stereocenters. The van der Waals surface area contributed by atoms with Crippen LogP contribution in [0.15, 0.2) is 24.5 Å². The topological polar surface area (TPSA) is 125 Å². The Morgan fingerprint density at radius 2 is 2.03 bits per heavy atom. The second-order valence-electron chi connectivity index (χ2n) is 9.31. The minimum absolute atomic E-state index is 0.131. The van der Waals surface area contributed by atoms with Gasteiger partial charge in [-0.15, -0.1) is 5.10 Å². The van der Waals surface area contributed by atoms with Crippen molar-refractivity contribution in [2.24, 2.45) is 13.0 Å². The first-order chi connectivity index (χ1) is 16.8. The summed E-state index contributed by atoms with van der Waals surface area (Å²) in [5.41, 5.74) is 3.68. The van der Waals surface area contributed by atoms with E-state index in [1.807, 2.05) is 32.2 Å². The van der Waals surface area contributed by atoms with Crippen molar-refractivity contribution >= 4 is 5.97 Å². The van der Waals surface area contributed by atoms with Crippen LogP contribution in [0.2, 0.25) is 0 Å². The molecule has 186 valence electrons. The Kier molecular flexibility index (Phi) is 7.57. The number of hydrogen-bond donors (Lipinski definition) is 1. The number of carboxylic acid groups (broad SMARTS) is 1. The van der Waals surface area contributed by atoms with E-state index in [0.717, 1.165) is 30.7 Å². The second-order valence-corrected chi connectivity index (χ2v) is 9.31. The van der Waals surface area contributed by atoms with Gasteiger partial charge in [0.15, 0.2) is 0 Å². The molecule has 1 N–H and O–H groups in total. The molecule has 3 heterocycles. The van der Waals surface area contributed by atoms with Crippen LogP contribution in [0, 0.1) is 12.8 Å². The summed E-state index contributed by atoms with van der Waals surface area (Å²) in [4.78, 5) is 24.7. The molecule has 3 aromatic rings. The van der Waals surface area contributed by atoms with Crippen molar-refractivity contribution in [3.8, 4) is 23.0 Å². The Morgan fingerprint density at radius 1 is 1.23 bits per heavy atom. The molecular weight excluding hydrogens is 448 g/mol. The molecule has 2 atom stereocenters. The third-order valence-electron chi connectivity index (χ3n) is 6.35. The molecule has 0 bridgehead atoms. The van der Waals surface area contributed by atoms with Crippen LogP contribution >= 0.6 is 0 Å². The summed E-state index contributed by atoms with van der Waals surface area (Å²) in [6.45, 7) is 6.24. The third-order valence-corrected chi connectivity index (χ3v) is 6.35. The Bertz CT molecular complexity index is 1180. The number of aryl methyl sites for hydroxylation is 2. The number of pyridine rings is 1. The van der Waals surface area contributed by atoms with E-state index in [1.54, 1.807) is 4.68 Å². The normalized spacial score (nSPS) is 18.3. The first-order valence-electron chi connectivity index (χ1n) is 12.0. The Balaban J connectivity index is 1.49. The fourth-order valence-corrected chi connectivity index (χ4v) is 4.26. The van der Waals surface area contributed by atoms with Crippen LogP contribution in [-0.4, -0.2) is 47.1 Å². The predicted octanol–water partition coefficient (Wildman–Crippen LogP) is 4.09. The summed E-state index contributed by atoms with van der Waals surface area (Å²) in [6, 6.07) is 5.56. The van der Waals surface area contributed by atoms with E-state index in [-0.39, 0.29) is 24.5 Å². The molecule has 0 radical (unpaired) electrons. The van der Waals surface area contributed by atoms with Crippen molar-refractivity contribution in [1.29, 1.82) is 0 Å². The van der Waals surface area contributed by atoms with Crippen molar-refractivity contribution < 1.29 is 19.4 Å². The third kappa shape index (κ3) is 5.93. The van der Waals surface area contributed by atoms with Crippen molar-refractivity contribution in [1.82, 2.24) is 29.9 Å². The van der Waals surface area contributed by atoms with Crippen LogP contribution in [0.4, 0.5) is 0 Å². The quantitative estimate of drug-likeness (QED) is 0.474. The largest absolute Gasteiger partial charge is 0.489 e. The van der Waals surface area contributed by atoms with E-state index in [0.29, 0.717) is 41.6 Å². The SMILES string of the molecule is Cc1nc(-c2nnn(C)c2COc2cc(C(C)C)ncn2)ccc1OC1CCCCC(C(=O)O)C1. The van der Waals surface area contributed by atoms with Crippen LogP contribution in [0.3, 0.4) is 0 Å². The number of aliphatic carboxylic acids is 1. The standard InChI is InChI=1S/C25H32N6O4/c1-15(2)20-12-23(27-14-26-20)34-13-21-24(29-30-31(21)4)19-9-10-22(16(3)28-19)35-18-8-6-5-7-17(11-18)25(32)33/h9-10,12,14-15,17-18H,5-8,11,13H2,1-4H3,(H,32,33). The number of hydrogen-bond acceptors (Lipinski definition) is 8. The molecule has 1 aliphatic carbocycles. The maximum absolute atomic E-state index is 11.5. The van der Waals surface area contributed by atoms with Gasteiger partial charge in [0, 0.05) is 13.1 Å². The van der Waals surface area contributed by atoms with Crippen LogP contribution in [0.25, 0.3) is 11.4 Å². The highest BCUT2D eigenvalue weighted by Crippen LogP contribution is 2.30. The van der Waals surface area contributed by atoms with E-state index >= 15 is 0 Å². The lowest BCUT2D eigenvalue weighted by atomic mass is 9.99. The Labute approximate surface area is 204 Å². The maximum atomic E-state index is 11.5. The minimum atomic E-state index is -0.745. The van der Waals surface area contributed by atoms with Gasteiger partial charge in [-0.3, -0.25) is 4.79 Å². The van der Waals surface area contributed by atoms with Crippen LogP contribution in [-0.2, 0) is 18.4 Å². The van der Waals surface area contributed by atoms with Gasteiger partial charge >= 0.3 is 5.97 Å². The van der Waals surface area contributed by atoms with Gasteiger partial charge in [-0.2, -0.15) is 0 Å². The first-order valence-corrected chi connectivity index (χ1v) is 12.0. The summed E-state index contributed by atoms with van der Waals surface area (Å²) < 4.78 is 13.8. The van der Waals surface area contributed by atoms with Crippen LogP contribution < -0.4 is 9.47 Å².